The van der Waals surface area contributed by atoms with Gasteiger partial charge in [0.2, 0.25) is 0 Å². The van der Waals surface area contributed by atoms with Gasteiger partial charge in [0.1, 0.15) is 5.69 Å². The van der Waals surface area contributed by atoms with Crippen LogP contribution in [0.2, 0.25) is 0 Å². The minimum Gasteiger partial charge on any atom is -0.365 e. The molecule has 0 saturated heterocycles. The number of hydroxylamine groups is 1. The zero-order chi connectivity index (χ0) is 24.5. The van der Waals surface area contributed by atoms with Crippen molar-refractivity contribution in [3.8, 4) is 0 Å². The number of benzene rings is 1. The van der Waals surface area contributed by atoms with E-state index in [0.717, 1.165) is 10.6 Å². The summed E-state index contributed by atoms with van der Waals surface area (Å²) in [7, 11) is 0. The second kappa shape index (κ2) is 8.89. The van der Waals surface area contributed by atoms with E-state index in [1.165, 1.54) is 18.6 Å². The number of carbonyl (C=O) groups excluding carboxylic acids is 2. The Labute approximate surface area is 191 Å². The van der Waals surface area contributed by atoms with Crippen molar-refractivity contribution in [2.24, 2.45) is 5.73 Å². The van der Waals surface area contributed by atoms with Gasteiger partial charge in [-0.15, -0.1) is 0 Å². The van der Waals surface area contributed by atoms with Crippen molar-refractivity contribution in [3.63, 3.8) is 0 Å². The fraction of sp³-hybridized carbons (Fsp3) is 0.182. The Bertz CT molecular complexity index is 1240. The summed E-state index contributed by atoms with van der Waals surface area (Å²) in [4.78, 5) is 36.9. The second-order valence-electron chi connectivity index (χ2n) is 7.28. The Balaban J connectivity index is 1.89. The Hall–Kier alpha value is -4.35. The third-order valence-electron chi connectivity index (χ3n) is 5.12. The van der Waals surface area contributed by atoms with Crippen molar-refractivity contribution in [3.05, 3.63) is 71.7 Å². The maximum atomic E-state index is 13.1. The minimum absolute atomic E-state index is 0.0345. The first-order valence-corrected chi connectivity index (χ1v) is 10.1. The zero-order valence-corrected chi connectivity index (χ0v) is 17.8. The number of nitrogens with two attached hydrogens (primary N) is 1. The molecule has 0 bridgehead atoms. The highest BCUT2D eigenvalue weighted by Gasteiger charge is 2.46. The van der Waals surface area contributed by atoms with Gasteiger partial charge in [0.15, 0.2) is 12.0 Å². The van der Waals surface area contributed by atoms with Crippen molar-refractivity contribution < 1.29 is 27.6 Å². The molecule has 3 aromatic rings. The van der Waals surface area contributed by atoms with Gasteiger partial charge >= 0.3 is 12.1 Å². The fourth-order valence-corrected chi connectivity index (χ4v) is 3.53. The fourth-order valence-electron chi connectivity index (χ4n) is 3.53. The number of anilines is 4. The molecule has 1 amide bonds. The van der Waals surface area contributed by atoms with E-state index in [-0.39, 0.29) is 22.8 Å². The molecular formula is C22H19F3N6O3. The number of fused-ring (bicyclic) bond motifs is 1. The summed E-state index contributed by atoms with van der Waals surface area (Å²) in [5.74, 6) is -3.25. The molecule has 0 spiro atoms. The zero-order valence-electron chi connectivity index (χ0n) is 17.8. The maximum absolute atomic E-state index is 13.1. The third-order valence-corrected chi connectivity index (χ3v) is 5.12. The number of carbonyl (C=O) groups is 2. The quantitative estimate of drug-likeness (QED) is 0.495. The molecule has 2 aromatic heterocycles. The topological polar surface area (TPSA) is 122 Å². The molecule has 4 rings (SSSR count). The number of amides is 1. The summed E-state index contributed by atoms with van der Waals surface area (Å²) in [5, 5.41) is 6.71. The molecule has 12 heteroatoms. The van der Waals surface area contributed by atoms with Gasteiger partial charge in [0.05, 0.1) is 11.3 Å². The number of hydrogen-bond donors (Lipinski definition) is 3. The van der Waals surface area contributed by atoms with E-state index in [9.17, 15) is 22.8 Å². The molecule has 4 N–H and O–H groups in total. The molecule has 0 fully saturated rings. The highest BCUT2D eigenvalue weighted by molar-refractivity contribution is 6.05. The van der Waals surface area contributed by atoms with Crippen molar-refractivity contribution in [2.45, 2.75) is 25.7 Å². The van der Waals surface area contributed by atoms with Gasteiger partial charge in [0.25, 0.3) is 5.91 Å². The van der Waals surface area contributed by atoms with Crippen LogP contribution in [-0.2, 0) is 16.1 Å². The lowest BCUT2D eigenvalue weighted by Crippen LogP contribution is -2.37. The van der Waals surface area contributed by atoms with Crippen LogP contribution in [-0.4, -0.2) is 28.0 Å². The summed E-state index contributed by atoms with van der Waals surface area (Å²) in [6, 6.07) is 10.3. The lowest BCUT2D eigenvalue weighted by Gasteiger charge is -2.27. The SMILES string of the molecule is CCc1ccccc1Nc1c(C(N)=O)cnc2c1N(OC(=O)C(F)(F)F)C(c1cccnc1)N2. The summed E-state index contributed by atoms with van der Waals surface area (Å²) >= 11 is 0. The molecule has 1 aliphatic rings. The summed E-state index contributed by atoms with van der Waals surface area (Å²) in [6.45, 7) is 1.92. The lowest BCUT2D eigenvalue weighted by molar-refractivity contribution is -0.201. The van der Waals surface area contributed by atoms with Crippen LogP contribution >= 0.6 is 0 Å². The van der Waals surface area contributed by atoms with E-state index in [2.05, 4.69) is 20.6 Å². The number of nitrogens with one attached hydrogen (secondary N) is 2. The van der Waals surface area contributed by atoms with E-state index in [4.69, 9.17) is 10.6 Å². The van der Waals surface area contributed by atoms with E-state index in [1.54, 1.807) is 24.3 Å². The lowest BCUT2D eigenvalue weighted by atomic mass is 10.1. The van der Waals surface area contributed by atoms with Crippen LogP contribution in [0.25, 0.3) is 0 Å². The van der Waals surface area contributed by atoms with Crippen molar-refractivity contribution >= 4 is 34.8 Å². The van der Waals surface area contributed by atoms with Crippen LogP contribution in [0.1, 0.15) is 34.6 Å². The first-order valence-electron chi connectivity index (χ1n) is 10.1. The van der Waals surface area contributed by atoms with Gasteiger partial charge in [-0.2, -0.15) is 18.2 Å². The second-order valence-corrected chi connectivity index (χ2v) is 7.28. The average Bonchev–Trinajstić information content (AvgIpc) is 3.18. The van der Waals surface area contributed by atoms with Crippen molar-refractivity contribution in [1.29, 1.82) is 0 Å². The van der Waals surface area contributed by atoms with E-state index in [1.807, 2.05) is 19.1 Å². The standard InChI is InChI=1S/C22H19F3N6O3/c1-2-12-6-3-4-8-15(12)29-16-14(18(26)32)11-28-19-17(16)31(34-21(33)22(23,24)25)20(30-19)13-7-5-9-27-10-13/h3-11,20H,2H2,1H3,(H2,26,32)(H2,28,29,30). The Morgan fingerprint density at radius 3 is 2.62 bits per heavy atom. The summed E-state index contributed by atoms with van der Waals surface area (Å²) in [5.41, 5.74) is 7.23. The number of nitrogens with zero attached hydrogens (tertiary/aromatic N) is 3. The monoisotopic (exact) mass is 472 g/mol. The number of para-hydroxylation sites is 1. The first-order chi connectivity index (χ1) is 16.2. The molecule has 1 unspecified atom stereocenters. The molecule has 0 radical (unpaired) electrons. The smallest absolute Gasteiger partial charge is 0.365 e. The molecule has 3 heterocycles. The van der Waals surface area contributed by atoms with Gasteiger partial charge < -0.3 is 21.2 Å². The van der Waals surface area contributed by atoms with Crippen LogP contribution in [0.15, 0.2) is 55.0 Å². The number of aryl methyl sites for hydroxylation is 1. The summed E-state index contributed by atoms with van der Waals surface area (Å²) < 4.78 is 39.4. The number of halogens is 3. The number of hydrogen-bond acceptors (Lipinski definition) is 8. The minimum atomic E-state index is -5.26. The van der Waals surface area contributed by atoms with Gasteiger partial charge in [-0.3, -0.25) is 9.78 Å². The normalized spacial score (nSPS) is 14.8. The molecular weight excluding hydrogens is 453 g/mol. The maximum Gasteiger partial charge on any atom is 0.493 e. The highest BCUT2D eigenvalue weighted by Crippen LogP contribution is 2.47. The molecule has 34 heavy (non-hydrogen) atoms. The predicted molar refractivity (Wildman–Crippen MR) is 117 cm³/mol. The number of rotatable bonds is 6. The van der Waals surface area contributed by atoms with Crippen LogP contribution in [0.4, 0.5) is 36.1 Å². The van der Waals surface area contributed by atoms with Crippen molar-refractivity contribution in [2.75, 3.05) is 15.7 Å². The van der Waals surface area contributed by atoms with Gasteiger partial charge in [-0.25, -0.2) is 9.78 Å². The average molecular weight is 472 g/mol. The molecule has 0 aliphatic carbocycles. The van der Waals surface area contributed by atoms with Gasteiger partial charge in [-0.05, 0) is 24.1 Å². The van der Waals surface area contributed by atoms with Crippen LogP contribution in [0.5, 0.6) is 0 Å². The van der Waals surface area contributed by atoms with E-state index in [0.29, 0.717) is 17.7 Å². The summed E-state index contributed by atoms with van der Waals surface area (Å²) in [6.07, 6.45) is -1.67. The van der Waals surface area contributed by atoms with Crippen LogP contribution < -0.4 is 21.4 Å². The Morgan fingerprint density at radius 2 is 1.97 bits per heavy atom. The van der Waals surface area contributed by atoms with Crippen LogP contribution in [0.3, 0.4) is 0 Å². The third kappa shape index (κ3) is 4.29. The number of primary amides is 1. The predicted octanol–water partition coefficient (Wildman–Crippen LogP) is 3.83. The molecule has 1 aromatic carbocycles. The number of alkyl halides is 3. The molecule has 1 aliphatic heterocycles. The largest absolute Gasteiger partial charge is 0.493 e. The van der Waals surface area contributed by atoms with E-state index >= 15 is 0 Å². The van der Waals surface area contributed by atoms with Gasteiger partial charge in [0, 0.05) is 29.8 Å². The number of pyridine rings is 2. The molecule has 0 saturated carbocycles. The molecule has 1 atom stereocenters. The van der Waals surface area contributed by atoms with Crippen molar-refractivity contribution in [1.82, 2.24) is 9.97 Å². The highest BCUT2D eigenvalue weighted by atomic mass is 19.4. The van der Waals surface area contributed by atoms with Gasteiger partial charge in [-0.1, -0.05) is 31.2 Å². The molecule has 9 nitrogen and oxygen atoms in total. The molecule has 176 valence electrons. The number of aromatic nitrogens is 2. The Morgan fingerprint density at radius 1 is 1.21 bits per heavy atom. The van der Waals surface area contributed by atoms with Crippen LogP contribution in [0, 0.1) is 0 Å². The van der Waals surface area contributed by atoms with E-state index < -0.39 is 24.2 Å². The Kier molecular flexibility index (Phi) is 5.97. The first kappa shape index (κ1) is 22.8.